The quantitative estimate of drug-likeness (QED) is 0.770. The summed E-state index contributed by atoms with van der Waals surface area (Å²) in [5, 5.41) is -0.848. The molecule has 3 unspecified atom stereocenters. The average molecular weight is 315 g/mol. The van der Waals surface area contributed by atoms with Crippen LogP contribution in [0.4, 0.5) is 0 Å². The molecule has 1 heterocycles. The first kappa shape index (κ1) is 15.8. The molecule has 0 saturated carbocycles. The third-order valence-corrected chi connectivity index (χ3v) is 7.39. The van der Waals surface area contributed by atoms with Crippen LogP contribution in [-0.2, 0) is 9.84 Å². The van der Waals surface area contributed by atoms with Crippen molar-refractivity contribution in [3.05, 3.63) is 35.4 Å². The Morgan fingerprint density at radius 3 is 2.35 bits per heavy atom. The largest absolute Gasteiger partial charge is 0.228 e. The van der Waals surface area contributed by atoms with E-state index >= 15 is 0 Å². The second-order valence-corrected chi connectivity index (χ2v) is 8.59. The van der Waals surface area contributed by atoms with Crippen LogP contribution in [0.15, 0.2) is 24.3 Å². The fourth-order valence-corrected chi connectivity index (χ4v) is 5.46. The van der Waals surface area contributed by atoms with Gasteiger partial charge in [0, 0.05) is 0 Å². The highest BCUT2D eigenvalue weighted by atomic mass is 35.5. The average Bonchev–Trinajstić information content (AvgIpc) is 2.45. The van der Waals surface area contributed by atoms with E-state index in [-0.39, 0.29) is 5.75 Å². The molecule has 0 aliphatic carbocycles. The smallest absolute Gasteiger partial charge is 0.154 e. The molecule has 4 heteroatoms. The van der Waals surface area contributed by atoms with Gasteiger partial charge in [0.1, 0.15) is 0 Å². The van der Waals surface area contributed by atoms with Gasteiger partial charge in [0.05, 0.1) is 16.4 Å². The van der Waals surface area contributed by atoms with Crippen LogP contribution in [0.3, 0.4) is 0 Å². The zero-order chi connectivity index (χ0) is 14.8. The van der Waals surface area contributed by atoms with Crippen LogP contribution in [-0.4, -0.2) is 19.4 Å². The Morgan fingerprint density at radius 2 is 1.80 bits per heavy atom. The van der Waals surface area contributed by atoms with Gasteiger partial charge < -0.3 is 0 Å². The van der Waals surface area contributed by atoms with E-state index in [1.807, 2.05) is 12.1 Å². The van der Waals surface area contributed by atoms with E-state index in [0.717, 1.165) is 24.8 Å². The van der Waals surface area contributed by atoms with Crippen LogP contribution in [0.2, 0.25) is 0 Å². The van der Waals surface area contributed by atoms with Gasteiger partial charge in [-0.2, -0.15) is 0 Å². The SMILES string of the molecule is CCC(C)c1ccc(C(Cl)C2CCCCS2(=O)=O)cc1. The van der Waals surface area contributed by atoms with Crippen molar-refractivity contribution in [2.24, 2.45) is 0 Å². The Balaban J connectivity index is 2.18. The van der Waals surface area contributed by atoms with Crippen molar-refractivity contribution in [2.45, 2.75) is 56.1 Å². The van der Waals surface area contributed by atoms with Crippen LogP contribution in [0.5, 0.6) is 0 Å². The third kappa shape index (κ3) is 3.37. The summed E-state index contributed by atoms with van der Waals surface area (Å²) in [6.45, 7) is 4.36. The van der Waals surface area contributed by atoms with E-state index in [9.17, 15) is 8.42 Å². The summed E-state index contributed by atoms with van der Waals surface area (Å²) >= 11 is 6.46. The normalized spacial score (nSPS) is 25.1. The minimum Gasteiger partial charge on any atom is -0.228 e. The maximum absolute atomic E-state index is 12.1. The summed E-state index contributed by atoms with van der Waals surface area (Å²) < 4.78 is 24.3. The van der Waals surface area contributed by atoms with Crippen molar-refractivity contribution < 1.29 is 8.42 Å². The molecule has 1 aliphatic rings. The summed E-state index contributed by atoms with van der Waals surface area (Å²) in [6.07, 6.45) is 3.51. The van der Waals surface area contributed by atoms with Crippen molar-refractivity contribution in [3.8, 4) is 0 Å². The topological polar surface area (TPSA) is 34.1 Å². The summed E-state index contributed by atoms with van der Waals surface area (Å²) in [6, 6.07) is 8.13. The molecular formula is C16H23ClO2S. The molecule has 0 bridgehead atoms. The van der Waals surface area contributed by atoms with Gasteiger partial charge in [-0.05, 0) is 36.3 Å². The monoisotopic (exact) mass is 314 g/mol. The summed E-state index contributed by atoms with van der Waals surface area (Å²) in [7, 11) is -3.03. The lowest BCUT2D eigenvalue weighted by atomic mass is 9.96. The molecule has 0 N–H and O–H groups in total. The van der Waals surface area contributed by atoms with Crippen LogP contribution >= 0.6 is 11.6 Å². The minimum absolute atomic E-state index is 0.284. The number of hydrogen-bond donors (Lipinski definition) is 0. The van der Waals surface area contributed by atoms with E-state index < -0.39 is 20.5 Å². The molecule has 0 spiro atoms. The molecule has 0 radical (unpaired) electrons. The van der Waals surface area contributed by atoms with E-state index in [1.165, 1.54) is 5.56 Å². The summed E-state index contributed by atoms with van der Waals surface area (Å²) in [4.78, 5) is 0. The van der Waals surface area contributed by atoms with Crippen LogP contribution in [0.25, 0.3) is 0 Å². The lowest BCUT2D eigenvalue weighted by Crippen LogP contribution is -2.31. The van der Waals surface area contributed by atoms with Crippen LogP contribution < -0.4 is 0 Å². The summed E-state index contributed by atoms with van der Waals surface area (Å²) in [5.74, 6) is 0.808. The van der Waals surface area contributed by atoms with Crippen molar-refractivity contribution in [2.75, 3.05) is 5.75 Å². The first-order valence-electron chi connectivity index (χ1n) is 7.41. The first-order valence-corrected chi connectivity index (χ1v) is 9.56. The van der Waals surface area contributed by atoms with Crippen molar-refractivity contribution >= 4 is 21.4 Å². The number of halogens is 1. The molecule has 1 aromatic rings. The summed E-state index contributed by atoms with van der Waals surface area (Å²) in [5.41, 5.74) is 2.21. The van der Waals surface area contributed by atoms with Crippen LogP contribution in [0.1, 0.15) is 62.0 Å². The van der Waals surface area contributed by atoms with Crippen molar-refractivity contribution in [1.29, 1.82) is 0 Å². The molecule has 0 aromatic heterocycles. The van der Waals surface area contributed by atoms with Gasteiger partial charge >= 0.3 is 0 Å². The van der Waals surface area contributed by atoms with Gasteiger partial charge in [-0.1, -0.05) is 44.5 Å². The molecule has 1 fully saturated rings. The standard InChI is InChI=1S/C16H23ClO2S/c1-3-12(2)13-7-9-14(10-8-13)16(17)15-6-4-5-11-20(15,18)19/h7-10,12,15-16H,3-6,11H2,1-2H3. The lowest BCUT2D eigenvalue weighted by Gasteiger charge is -2.26. The van der Waals surface area contributed by atoms with Crippen molar-refractivity contribution in [1.82, 2.24) is 0 Å². The highest BCUT2D eigenvalue weighted by Crippen LogP contribution is 2.35. The van der Waals surface area contributed by atoms with Gasteiger partial charge in [0.25, 0.3) is 0 Å². The van der Waals surface area contributed by atoms with Gasteiger partial charge in [0.15, 0.2) is 9.84 Å². The number of sulfone groups is 1. The highest BCUT2D eigenvalue weighted by Gasteiger charge is 2.35. The van der Waals surface area contributed by atoms with Crippen LogP contribution in [0, 0.1) is 0 Å². The Labute approximate surface area is 127 Å². The zero-order valence-electron chi connectivity index (χ0n) is 12.2. The lowest BCUT2D eigenvalue weighted by molar-refractivity contribution is 0.534. The fraction of sp³-hybridized carbons (Fsp3) is 0.625. The number of benzene rings is 1. The first-order chi connectivity index (χ1) is 9.45. The Morgan fingerprint density at radius 1 is 1.20 bits per heavy atom. The van der Waals surface area contributed by atoms with E-state index in [1.54, 1.807) is 0 Å². The second kappa shape index (κ2) is 6.48. The molecule has 2 nitrogen and oxygen atoms in total. The number of alkyl halides is 1. The fourth-order valence-electron chi connectivity index (χ4n) is 2.77. The molecule has 1 aliphatic heterocycles. The molecule has 20 heavy (non-hydrogen) atoms. The molecule has 2 rings (SSSR count). The molecule has 112 valence electrons. The van der Waals surface area contributed by atoms with E-state index in [4.69, 9.17) is 11.6 Å². The van der Waals surface area contributed by atoms with Gasteiger partial charge in [0.2, 0.25) is 0 Å². The van der Waals surface area contributed by atoms with Crippen molar-refractivity contribution in [3.63, 3.8) is 0 Å². The Hall–Kier alpha value is -0.540. The molecular weight excluding hydrogens is 292 g/mol. The Bertz CT molecular complexity index is 536. The van der Waals surface area contributed by atoms with E-state index in [0.29, 0.717) is 12.3 Å². The maximum Gasteiger partial charge on any atom is 0.154 e. The maximum atomic E-state index is 12.1. The molecule has 3 atom stereocenters. The van der Waals surface area contributed by atoms with Gasteiger partial charge in [-0.25, -0.2) is 8.42 Å². The molecule has 0 amide bonds. The minimum atomic E-state index is -3.03. The second-order valence-electron chi connectivity index (χ2n) is 5.78. The predicted molar refractivity (Wildman–Crippen MR) is 85.2 cm³/mol. The molecule has 1 saturated heterocycles. The van der Waals surface area contributed by atoms with Gasteiger partial charge in [-0.3, -0.25) is 0 Å². The zero-order valence-corrected chi connectivity index (χ0v) is 13.8. The number of rotatable bonds is 4. The molecule has 1 aromatic carbocycles. The number of hydrogen-bond acceptors (Lipinski definition) is 2. The predicted octanol–water partition coefficient (Wildman–Crippen LogP) is 4.45. The third-order valence-electron chi connectivity index (χ3n) is 4.39. The van der Waals surface area contributed by atoms with E-state index in [2.05, 4.69) is 26.0 Å². The van der Waals surface area contributed by atoms with Gasteiger partial charge in [-0.15, -0.1) is 11.6 Å². The highest BCUT2D eigenvalue weighted by molar-refractivity contribution is 7.92. The Kier molecular flexibility index (Phi) is 5.14.